The van der Waals surface area contributed by atoms with E-state index in [9.17, 15) is 0 Å². The maximum Gasteiger partial charge on any atom is 0.137 e. The molecule has 1 unspecified atom stereocenters. The van der Waals surface area contributed by atoms with Gasteiger partial charge in [0, 0.05) is 35.4 Å². The smallest absolute Gasteiger partial charge is 0.137 e. The molecule has 0 amide bonds. The Labute approximate surface area is 176 Å². The summed E-state index contributed by atoms with van der Waals surface area (Å²) in [7, 11) is 0. The van der Waals surface area contributed by atoms with E-state index in [1.54, 1.807) is 11.3 Å². The number of nitrogens with zero attached hydrogens (tertiary/aromatic N) is 4. The summed E-state index contributed by atoms with van der Waals surface area (Å²) in [5, 5.41) is 1.43. The van der Waals surface area contributed by atoms with E-state index in [1.807, 2.05) is 0 Å². The summed E-state index contributed by atoms with van der Waals surface area (Å²) >= 11 is 0. The minimum Gasteiger partial charge on any atom is -0.310 e. The average Bonchev–Trinajstić information content (AvgIpc) is 3.38. The molecule has 7 rings (SSSR count). The SMILES string of the molecule is CCC12C=C(c3cn4ccccc4n3)n3c4c(c5ccccc53)CCN(CCC1)[C@H]42. The second kappa shape index (κ2) is 5.86. The van der Waals surface area contributed by atoms with Crippen molar-refractivity contribution in [1.82, 2.24) is 18.9 Å². The topological polar surface area (TPSA) is 25.5 Å². The molecule has 4 heteroatoms. The lowest BCUT2D eigenvalue weighted by Crippen LogP contribution is -2.50. The Bertz CT molecular complexity index is 1310. The largest absolute Gasteiger partial charge is 0.310 e. The molecule has 3 aromatic heterocycles. The first-order chi connectivity index (χ1) is 14.8. The number of fused-ring (bicyclic) bond motifs is 4. The van der Waals surface area contributed by atoms with Crippen LogP contribution < -0.4 is 0 Å². The van der Waals surface area contributed by atoms with Crippen molar-refractivity contribution in [2.75, 3.05) is 13.1 Å². The molecule has 0 aliphatic carbocycles. The highest BCUT2D eigenvalue weighted by atomic mass is 15.2. The molecule has 6 heterocycles. The molecule has 4 aromatic rings. The Morgan fingerprint density at radius 1 is 1.10 bits per heavy atom. The number of piperidine rings is 1. The van der Waals surface area contributed by atoms with Gasteiger partial charge in [0.15, 0.2) is 0 Å². The van der Waals surface area contributed by atoms with E-state index >= 15 is 0 Å². The van der Waals surface area contributed by atoms with Crippen LogP contribution in [-0.4, -0.2) is 31.9 Å². The Morgan fingerprint density at radius 3 is 2.90 bits per heavy atom. The lowest BCUT2D eigenvalue weighted by atomic mass is 9.66. The lowest BCUT2D eigenvalue weighted by Gasteiger charge is -2.53. The van der Waals surface area contributed by atoms with Crippen molar-refractivity contribution in [2.45, 2.75) is 38.6 Å². The van der Waals surface area contributed by atoms with Gasteiger partial charge in [0.05, 0.1) is 17.3 Å². The molecule has 0 radical (unpaired) electrons. The number of rotatable bonds is 2. The van der Waals surface area contributed by atoms with Crippen LogP contribution in [0.1, 0.15) is 49.2 Å². The molecular weight excluding hydrogens is 368 g/mol. The van der Waals surface area contributed by atoms with Crippen LogP contribution in [0.3, 0.4) is 0 Å². The molecule has 1 aromatic carbocycles. The fourth-order valence-corrected chi connectivity index (χ4v) is 6.53. The van der Waals surface area contributed by atoms with E-state index in [-0.39, 0.29) is 5.41 Å². The first-order valence-corrected chi connectivity index (χ1v) is 11.3. The van der Waals surface area contributed by atoms with Crippen LogP contribution in [-0.2, 0) is 6.42 Å². The van der Waals surface area contributed by atoms with Gasteiger partial charge in [-0.05, 0) is 62.1 Å². The average molecular weight is 395 g/mol. The van der Waals surface area contributed by atoms with Crippen LogP contribution in [0.2, 0.25) is 0 Å². The fraction of sp³-hybridized carbons (Fsp3) is 0.346. The van der Waals surface area contributed by atoms with Gasteiger partial charge in [-0.1, -0.05) is 31.2 Å². The molecule has 0 spiro atoms. The van der Waals surface area contributed by atoms with E-state index in [1.165, 1.54) is 49.0 Å². The van der Waals surface area contributed by atoms with Crippen LogP contribution in [0.25, 0.3) is 22.2 Å². The maximum atomic E-state index is 5.05. The Balaban J connectivity index is 1.59. The summed E-state index contributed by atoms with van der Waals surface area (Å²) in [5.74, 6) is 0. The highest BCUT2D eigenvalue weighted by molar-refractivity contribution is 5.92. The summed E-state index contributed by atoms with van der Waals surface area (Å²) in [6.45, 7) is 4.80. The van der Waals surface area contributed by atoms with Crippen molar-refractivity contribution >= 4 is 22.2 Å². The third-order valence-electron chi connectivity index (χ3n) is 7.88. The molecule has 0 N–H and O–H groups in total. The van der Waals surface area contributed by atoms with Crippen LogP contribution >= 0.6 is 0 Å². The molecule has 150 valence electrons. The predicted octanol–water partition coefficient (Wildman–Crippen LogP) is 5.28. The van der Waals surface area contributed by atoms with Gasteiger partial charge >= 0.3 is 0 Å². The van der Waals surface area contributed by atoms with Crippen molar-refractivity contribution < 1.29 is 0 Å². The van der Waals surface area contributed by atoms with Crippen LogP contribution in [0.4, 0.5) is 0 Å². The molecule has 0 saturated carbocycles. The Hall–Kier alpha value is -2.85. The second-order valence-electron chi connectivity index (χ2n) is 9.22. The van der Waals surface area contributed by atoms with Gasteiger partial charge in [-0.15, -0.1) is 0 Å². The van der Waals surface area contributed by atoms with E-state index < -0.39 is 0 Å². The van der Waals surface area contributed by atoms with Crippen LogP contribution in [0, 0.1) is 5.41 Å². The number of hydrogen-bond acceptors (Lipinski definition) is 2. The monoisotopic (exact) mass is 394 g/mol. The summed E-state index contributed by atoms with van der Waals surface area (Å²) in [6.07, 6.45) is 11.8. The first-order valence-electron chi connectivity index (χ1n) is 11.3. The Morgan fingerprint density at radius 2 is 2.00 bits per heavy atom. The highest BCUT2D eigenvalue weighted by Gasteiger charge is 2.50. The van der Waals surface area contributed by atoms with Crippen molar-refractivity contribution in [3.05, 3.63) is 77.9 Å². The summed E-state index contributed by atoms with van der Waals surface area (Å²) in [4.78, 5) is 7.82. The van der Waals surface area contributed by atoms with E-state index in [0.29, 0.717) is 6.04 Å². The van der Waals surface area contributed by atoms with E-state index in [4.69, 9.17) is 4.98 Å². The number of aromatic nitrogens is 3. The number of para-hydroxylation sites is 1. The standard InChI is InChI=1S/C26H26N4/c1-2-26-12-7-14-28-15-11-19-18-8-3-4-9-21(18)30(24(19)25(26)28)22(16-26)20-17-29-13-6-5-10-23(29)27-20/h3-6,8-10,13,16-17,25H,2,7,11-12,14-15H2,1H3/t25-,26?/m1/s1. The Kier molecular flexibility index (Phi) is 3.30. The fourth-order valence-electron chi connectivity index (χ4n) is 6.53. The molecule has 1 fully saturated rings. The van der Waals surface area contributed by atoms with Crippen LogP contribution in [0.15, 0.2) is 60.9 Å². The van der Waals surface area contributed by atoms with Crippen molar-refractivity contribution in [3.8, 4) is 0 Å². The zero-order valence-corrected chi connectivity index (χ0v) is 17.4. The lowest BCUT2D eigenvalue weighted by molar-refractivity contribution is 0.0271. The minimum atomic E-state index is 0.197. The molecule has 2 atom stereocenters. The summed E-state index contributed by atoms with van der Waals surface area (Å²) in [6, 6.07) is 15.7. The minimum absolute atomic E-state index is 0.197. The van der Waals surface area contributed by atoms with Gasteiger partial charge in [0.2, 0.25) is 0 Å². The number of imidazole rings is 1. The molecular formula is C26H26N4. The molecule has 1 saturated heterocycles. The summed E-state index contributed by atoms with van der Waals surface area (Å²) < 4.78 is 4.70. The molecule has 30 heavy (non-hydrogen) atoms. The maximum absolute atomic E-state index is 5.05. The summed E-state index contributed by atoms with van der Waals surface area (Å²) in [5.41, 5.74) is 8.01. The third-order valence-corrected chi connectivity index (χ3v) is 7.88. The van der Waals surface area contributed by atoms with Gasteiger partial charge < -0.3 is 8.97 Å². The second-order valence-corrected chi connectivity index (χ2v) is 9.22. The van der Waals surface area contributed by atoms with Crippen molar-refractivity contribution in [2.24, 2.45) is 5.41 Å². The highest BCUT2D eigenvalue weighted by Crippen LogP contribution is 2.57. The van der Waals surface area contributed by atoms with Gasteiger partial charge in [-0.3, -0.25) is 4.90 Å². The van der Waals surface area contributed by atoms with Gasteiger partial charge in [-0.2, -0.15) is 0 Å². The first kappa shape index (κ1) is 16.9. The molecule has 3 aliphatic rings. The number of pyridine rings is 1. The van der Waals surface area contributed by atoms with Gasteiger partial charge in [0.25, 0.3) is 0 Å². The normalized spacial score (nSPS) is 25.5. The van der Waals surface area contributed by atoms with E-state index in [0.717, 1.165) is 17.8 Å². The number of benzene rings is 1. The van der Waals surface area contributed by atoms with Gasteiger partial charge in [-0.25, -0.2) is 4.98 Å². The van der Waals surface area contributed by atoms with E-state index in [2.05, 4.69) is 81.7 Å². The van der Waals surface area contributed by atoms with Gasteiger partial charge in [0.1, 0.15) is 11.3 Å². The zero-order chi connectivity index (χ0) is 19.9. The molecule has 3 aliphatic heterocycles. The van der Waals surface area contributed by atoms with Crippen molar-refractivity contribution in [1.29, 1.82) is 0 Å². The van der Waals surface area contributed by atoms with Crippen LogP contribution in [0.5, 0.6) is 0 Å². The zero-order valence-electron chi connectivity index (χ0n) is 17.4. The quantitative estimate of drug-likeness (QED) is 0.462. The van der Waals surface area contributed by atoms with Crippen molar-refractivity contribution in [3.63, 3.8) is 0 Å². The molecule has 4 nitrogen and oxygen atoms in total. The number of hydrogen-bond donors (Lipinski definition) is 0. The predicted molar refractivity (Wildman–Crippen MR) is 120 cm³/mol. The molecule has 0 bridgehead atoms. The third kappa shape index (κ3) is 2.02.